The molecule has 0 aliphatic heterocycles. The molecule has 2 rings (SSSR count). The summed E-state index contributed by atoms with van der Waals surface area (Å²) < 4.78 is 4.93. The van der Waals surface area contributed by atoms with Crippen molar-refractivity contribution in [2.24, 2.45) is 0 Å². The number of ether oxygens (including phenoxy) is 1. The Morgan fingerprint density at radius 1 is 1.04 bits per heavy atom. The van der Waals surface area contributed by atoms with E-state index in [0.29, 0.717) is 4.88 Å². The third-order valence-corrected chi connectivity index (χ3v) is 4.57. The average Bonchev–Trinajstić information content (AvgIpc) is 3.11. The van der Waals surface area contributed by atoms with Gasteiger partial charge in [0.25, 0.3) is 11.8 Å². The summed E-state index contributed by atoms with van der Waals surface area (Å²) >= 11 is 1.30. The molecule has 28 heavy (non-hydrogen) atoms. The second kappa shape index (κ2) is 10.2. The van der Waals surface area contributed by atoms with Crippen LogP contribution in [0.2, 0.25) is 0 Å². The number of hydrogen-bond donors (Lipinski definition) is 3. The van der Waals surface area contributed by atoms with E-state index >= 15 is 0 Å². The van der Waals surface area contributed by atoms with Gasteiger partial charge in [-0.05, 0) is 31.5 Å². The number of nitrogens with one attached hydrogen (secondary N) is 3. The first-order chi connectivity index (χ1) is 13.3. The topological polar surface area (TPSA) is 114 Å². The van der Waals surface area contributed by atoms with Crippen molar-refractivity contribution in [2.45, 2.75) is 26.5 Å². The number of carbonyl (C=O) groups excluding carboxylic acids is 4. The summed E-state index contributed by atoms with van der Waals surface area (Å²) in [6.45, 7) is 3.07. The molecule has 148 valence electrons. The Bertz CT molecular complexity index is 850. The number of hydrogen-bond acceptors (Lipinski definition) is 6. The Morgan fingerprint density at radius 3 is 2.39 bits per heavy atom. The molecule has 0 spiro atoms. The fraction of sp³-hybridized carbons (Fsp3) is 0.263. The van der Waals surface area contributed by atoms with Crippen LogP contribution in [-0.4, -0.2) is 36.5 Å². The van der Waals surface area contributed by atoms with Crippen LogP contribution in [0.5, 0.6) is 0 Å². The molecule has 0 fully saturated rings. The van der Waals surface area contributed by atoms with Crippen molar-refractivity contribution in [1.29, 1.82) is 0 Å². The van der Waals surface area contributed by atoms with Gasteiger partial charge in [0.15, 0.2) is 6.10 Å². The van der Waals surface area contributed by atoms with Crippen LogP contribution in [0.1, 0.15) is 27.0 Å². The smallest absolute Gasteiger partial charge is 0.326 e. The summed E-state index contributed by atoms with van der Waals surface area (Å²) in [7, 11) is 0. The Labute approximate surface area is 166 Å². The Morgan fingerprint density at radius 2 is 1.75 bits per heavy atom. The van der Waals surface area contributed by atoms with Crippen LogP contribution in [0.15, 0.2) is 42.5 Å². The van der Waals surface area contributed by atoms with E-state index in [0.717, 1.165) is 10.4 Å². The molecular weight excluding hydrogens is 382 g/mol. The number of amides is 4. The Balaban J connectivity index is 1.69. The zero-order chi connectivity index (χ0) is 20.5. The van der Waals surface area contributed by atoms with Crippen molar-refractivity contribution in [3.8, 4) is 0 Å². The lowest BCUT2D eigenvalue weighted by Gasteiger charge is -2.13. The number of thiophene rings is 1. The van der Waals surface area contributed by atoms with Gasteiger partial charge < -0.3 is 15.4 Å². The van der Waals surface area contributed by atoms with Crippen LogP contribution >= 0.6 is 11.3 Å². The highest BCUT2D eigenvalue weighted by Crippen LogP contribution is 2.14. The van der Waals surface area contributed by atoms with Gasteiger partial charge in [0.2, 0.25) is 0 Å². The normalized spacial score (nSPS) is 11.2. The van der Waals surface area contributed by atoms with Crippen LogP contribution < -0.4 is 16.0 Å². The van der Waals surface area contributed by atoms with Gasteiger partial charge in [-0.15, -0.1) is 11.3 Å². The molecule has 0 aliphatic rings. The molecule has 3 N–H and O–H groups in total. The highest BCUT2D eigenvalue weighted by Gasteiger charge is 2.20. The molecule has 1 aromatic carbocycles. The van der Waals surface area contributed by atoms with Crippen molar-refractivity contribution < 1.29 is 23.9 Å². The molecule has 9 heteroatoms. The summed E-state index contributed by atoms with van der Waals surface area (Å²) in [5.41, 5.74) is 0.876. The number of rotatable bonds is 7. The number of carbonyl (C=O) groups is 4. The van der Waals surface area contributed by atoms with Crippen molar-refractivity contribution in [1.82, 2.24) is 16.0 Å². The summed E-state index contributed by atoms with van der Waals surface area (Å²) in [5.74, 6) is -1.94. The minimum atomic E-state index is -1.18. The molecule has 0 radical (unpaired) electrons. The largest absolute Gasteiger partial charge is 0.451 e. The predicted octanol–water partition coefficient (Wildman–Crippen LogP) is 1.74. The average molecular weight is 403 g/mol. The lowest BCUT2D eigenvalue weighted by Crippen LogP contribution is -2.45. The van der Waals surface area contributed by atoms with Gasteiger partial charge in [0.1, 0.15) is 6.54 Å². The van der Waals surface area contributed by atoms with Crippen molar-refractivity contribution in [2.75, 3.05) is 6.54 Å². The fourth-order valence-electron chi connectivity index (χ4n) is 2.12. The molecule has 1 atom stereocenters. The van der Waals surface area contributed by atoms with E-state index < -0.39 is 29.9 Å². The molecule has 0 aliphatic carbocycles. The van der Waals surface area contributed by atoms with Gasteiger partial charge >= 0.3 is 12.0 Å². The number of esters is 1. The van der Waals surface area contributed by atoms with Gasteiger partial charge in [0.05, 0.1) is 4.88 Å². The highest BCUT2D eigenvalue weighted by atomic mass is 32.1. The standard InChI is InChI=1S/C19H21N3O5S/c1-12-8-9-15(28-12)18(25)20-11-16(23)27-13(2)17(24)22-19(26)21-10-14-6-4-3-5-7-14/h3-9,13H,10-11H2,1-2H3,(H,20,25)(H2,21,22,24,26). The second-order valence-corrected chi connectivity index (χ2v) is 7.17. The van der Waals surface area contributed by atoms with Gasteiger partial charge in [-0.1, -0.05) is 30.3 Å². The van der Waals surface area contributed by atoms with E-state index in [4.69, 9.17) is 4.74 Å². The molecule has 1 unspecified atom stereocenters. The molecule has 8 nitrogen and oxygen atoms in total. The first-order valence-electron chi connectivity index (χ1n) is 8.52. The van der Waals surface area contributed by atoms with Crippen LogP contribution in [-0.2, 0) is 20.9 Å². The van der Waals surface area contributed by atoms with Crippen LogP contribution in [0, 0.1) is 6.92 Å². The molecule has 2 aromatic rings. The lowest BCUT2D eigenvalue weighted by molar-refractivity contribution is -0.153. The zero-order valence-electron chi connectivity index (χ0n) is 15.5. The third kappa shape index (κ3) is 6.84. The molecule has 0 bridgehead atoms. The van der Waals surface area contributed by atoms with Crippen LogP contribution in [0.3, 0.4) is 0 Å². The quantitative estimate of drug-likeness (QED) is 0.610. The lowest BCUT2D eigenvalue weighted by atomic mass is 10.2. The Hall–Kier alpha value is -3.20. The zero-order valence-corrected chi connectivity index (χ0v) is 16.3. The maximum absolute atomic E-state index is 11.9. The number of benzene rings is 1. The number of urea groups is 1. The maximum atomic E-state index is 11.9. The minimum Gasteiger partial charge on any atom is -0.451 e. The second-order valence-electron chi connectivity index (χ2n) is 5.88. The summed E-state index contributed by atoms with van der Waals surface area (Å²) in [6, 6.07) is 11.9. The van der Waals surface area contributed by atoms with E-state index in [-0.39, 0.29) is 13.1 Å². The van der Waals surface area contributed by atoms with E-state index in [1.54, 1.807) is 12.1 Å². The highest BCUT2D eigenvalue weighted by molar-refractivity contribution is 7.13. The third-order valence-electron chi connectivity index (χ3n) is 3.57. The van der Waals surface area contributed by atoms with E-state index in [9.17, 15) is 19.2 Å². The molecule has 1 heterocycles. The number of aryl methyl sites for hydroxylation is 1. The van der Waals surface area contributed by atoms with Gasteiger partial charge in [-0.3, -0.25) is 19.7 Å². The predicted molar refractivity (Wildman–Crippen MR) is 104 cm³/mol. The van der Waals surface area contributed by atoms with E-state index in [2.05, 4.69) is 16.0 Å². The molecular formula is C19H21N3O5S. The Kier molecular flexibility index (Phi) is 7.70. The minimum absolute atomic E-state index is 0.252. The first-order valence-corrected chi connectivity index (χ1v) is 9.33. The van der Waals surface area contributed by atoms with Crippen molar-refractivity contribution in [3.63, 3.8) is 0 Å². The van der Waals surface area contributed by atoms with Crippen LogP contribution in [0.4, 0.5) is 4.79 Å². The SMILES string of the molecule is Cc1ccc(C(=O)NCC(=O)OC(C)C(=O)NC(=O)NCc2ccccc2)s1. The summed E-state index contributed by atoms with van der Waals surface area (Å²) in [6.07, 6.45) is -1.18. The van der Waals surface area contributed by atoms with E-state index in [1.807, 2.05) is 37.3 Å². The molecule has 1 aromatic heterocycles. The first kappa shape index (κ1) is 21.1. The van der Waals surface area contributed by atoms with Crippen molar-refractivity contribution in [3.05, 3.63) is 57.8 Å². The van der Waals surface area contributed by atoms with E-state index in [1.165, 1.54) is 18.3 Å². The molecule has 0 saturated carbocycles. The van der Waals surface area contributed by atoms with Crippen molar-refractivity contribution >= 4 is 35.2 Å². The fourth-order valence-corrected chi connectivity index (χ4v) is 2.91. The van der Waals surface area contributed by atoms with Crippen LogP contribution in [0.25, 0.3) is 0 Å². The van der Waals surface area contributed by atoms with Gasteiger partial charge in [-0.2, -0.15) is 0 Å². The summed E-state index contributed by atoms with van der Waals surface area (Å²) in [4.78, 5) is 48.8. The summed E-state index contributed by atoms with van der Waals surface area (Å²) in [5, 5.41) is 7.05. The van der Waals surface area contributed by atoms with Gasteiger partial charge in [0, 0.05) is 11.4 Å². The monoisotopic (exact) mass is 403 g/mol. The number of imide groups is 1. The molecule has 0 saturated heterocycles. The maximum Gasteiger partial charge on any atom is 0.326 e. The van der Waals surface area contributed by atoms with Gasteiger partial charge in [-0.25, -0.2) is 4.79 Å². The molecule has 4 amide bonds.